The van der Waals surface area contributed by atoms with E-state index in [4.69, 9.17) is 4.42 Å². The summed E-state index contributed by atoms with van der Waals surface area (Å²) in [6.45, 7) is 0.556. The molecule has 0 unspecified atom stereocenters. The third-order valence-corrected chi connectivity index (χ3v) is 4.64. The number of carbonyl (C=O) groups is 1. The van der Waals surface area contributed by atoms with Crippen LogP contribution >= 0.6 is 0 Å². The van der Waals surface area contributed by atoms with E-state index in [1.807, 2.05) is 84.9 Å². The van der Waals surface area contributed by atoms with Gasteiger partial charge in [0.25, 0.3) is 0 Å². The molecule has 0 amide bonds. The van der Waals surface area contributed by atoms with Gasteiger partial charge in [0, 0.05) is 22.7 Å². The van der Waals surface area contributed by atoms with Gasteiger partial charge in [0.05, 0.1) is 18.8 Å². The molecule has 1 atom stereocenters. The summed E-state index contributed by atoms with van der Waals surface area (Å²) in [6.07, 6.45) is 3.46. The van der Waals surface area contributed by atoms with Gasteiger partial charge >= 0.3 is 0 Å². The Bertz CT molecular complexity index is 1000. The van der Waals surface area contributed by atoms with E-state index in [0.717, 1.165) is 22.2 Å². The monoisotopic (exact) mass is 344 g/mol. The summed E-state index contributed by atoms with van der Waals surface area (Å²) in [7, 11) is 1.95. The highest BCUT2D eigenvalue weighted by molar-refractivity contribution is 6.10. The van der Waals surface area contributed by atoms with Crippen molar-refractivity contribution in [2.75, 3.05) is 7.05 Å². The highest BCUT2D eigenvalue weighted by atomic mass is 16.3. The third-order valence-electron chi connectivity index (χ3n) is 4.64. The summed E-state index contributed by atoms with van der Waals surface area (Å²) >= 11 is 0. The molecule has 4 nitrogen and oxygen atoms in total. The molecule has 0 aliphatic carbocycles. The molecule has 0 saturated carbocycles. The Hall–Kier alpha value is -3.11. The van der Waals surface area contributed by atoms with Gasteiger partial charge in [0.2, 0.25) is 0 Å². The van der Waals surface area contributed by atoms with Crippen molar-refractivity contribution in [3.05, 3.63) is 96.1 Å². The van der Waals surface area contributed by atoms with Crippen molar-refractivity contribution in [1.29, 1.82) is 0 Å². The molecule has 2 aromatic carbocycles. The molecule has 4 heteroatoms. The van der Waals surface area contributed by atoms with Crippen LogP contribution in [0.2, 0.25) is 0 Å². The first-order valence-corrected chi connectivity index (χ1v) is 8.62. The molecule has 0 aliphatic heterocycles. The fraction of sp³-hybridized carbons (Fsp3) is 0.136. The Balaban J connectivity index is 1.73. The number of ketones is 1. The number of Topliss-reactive ketones (excluding diaryl/α,β-unsaturated/α-hetero) is 1. The molecule has 130 valence electrons. The second kappa shape index (κ2) is 7.02. The molecule has 0 aliphatic rings. The lowest BCUT2D eigenvalue weighted by atomic mass is 9.96. The largest absolute Gasteiger partial charge is 0.468 e. The standard InChI is InChI=1S/C22H20N2O2/c1-24(15-17-10-7-13-26-17)21(16-8-3-2-4-9-16)22(25)19-14-23-20-12-6-5-11-18(19)20/h2-14,21,23H,15H2,1H3/t21-/m0/s1. The molecule has 0 fully saturated rings. The van der Waals surface area contributed by atoms with Gasteiger partial charge in [-0.3, -0.25) is 9.69 Å². The van der Waals surface area contributed by atoms with Crippen molar-refractivity contribution in [1.82, 2.24) is 9.88 Å². The van der Waals surface area contributed by atoms with Gasteiger partial charge in [-0.2, -0.15) is 0 Å². The van der Waals surface area contributed by atoms with E-state index < -0.39 is 0 Å². The van der Waals surface area contributed by atoms with Crippen molar-refractivity contribution in [2.45, 2.75) is 12.6 Å². The highest BCUT2D eigenvalue weighted by Gasteiger charge is 2.28. The summed E-state index contributed by atoms with van der Waals surface area (Å²) in [6, 6.07) is 21.2. The molecule has 2 heterocycles. The van der Waals surface area contributed by atoms with Gasteiger partial charge in [-0.05, 0) is 30.8 Å². The van der Waals surface area contributed by atoms with Crippen molar-refractivity contribution in [2.24, 2.45) is 0 Å². The van der Waals surface area contributed by atoms with Gasteiger partial charge < -0.3 is 9.40 Å². The summed E-state index contributed by atoms with van der Waals surface area (Å²) in [5.41, 5.74) is 2.65. The molecule has 4 aromatic rings. The number of nitrogens with zero attached hydrogens (tertiary/aromatic N) is 1. The number of aromatic nitrogens is 1. The number of furan rings is 1. The lowest BCUT2D eigenvalue weighted by molar-refractivity contribution is 0.0837. The summed E-state index contributed by atoms with van der Waals surface area (Å²) < 4.78 is 5.47. The van der Waals surface area contributed by atoms with E-state index in [9.17, 15) is 4.79 Å². The SMILES string of the molecule is CN(Cc1ccco1)[C@H](C(=O)c1c[nH]c2ccccc12)c1ccccc1. The number of carbonyl (C=O) groups excluding carboxylic acids is 1. The zero-order chi connectivity index (χ0) is 17.9. The molecule has 0 saturated heterocycles. The van der Waals surface area contributed by atoms with Crippen molar-refractivity contribution in [3.8, 4) is 0 Å². The van der Waals surface area contributed by atoms with Crippen LogP contribution in [0.4, 0.5) is 0 Å². The van der Waals surface area contributed by atoms with Crippen LogP contribution in [0.25, 0.3) is 10.9 Å². The fourth-order valence-electron chi connectivity index (χ4n) is 3.40. The van der Waals surface area contributed by atoms with E-state index in [1.54, 1.807) is 6.26 Å². The maximum absolute atomic E-state index is 13.5. The smallest absolute Gasteiger partial charge is 0.186 e. The quantitative estimate of drug-likeness (QED) is 0.510. The number of aromatic amines is 1. The third kappa shape index (κ3) is 3.07. The Morgan fingerprint density at radius 1 is 1.04 bits per heavy atom. The van der Waals surface area contributed by atoms with Gasteiger partial charge in [0.15, 0.2) is 5.78 Å². The number of fused-ring (bicyclic) bond motifs is 1. The number of nitrogens with one attached hydrogen (secondary N) is 1. The van der Waals surface area contributed by atoms with Crippen molar-refractivity contribution >= 4 is 16.7 Å². The van der Waals surface area contributed by atoms with Crippen LogP contribution in [-0.2, 0) is 6.54 Å². The topological polar surface area (TPSA) is 49.2 Å². The van der Waals surface area contributed by atoms with Crippen LogP contribution in [0.15, 0.2) is 83.6 Å². The normalized spacial score (nSPS) is 12.5. The van der Waals surface area contributed by atoms with Gasteiger partial charge in [-0.15, -0.1) is 0 Å². The van der Waals surface area contributed by atoms with Crippen LogP contribution in [0.5, 0.6) is 0 Å². The molecular formula is C22H20N2O2. The Morgan fingerprint density at radius 3 is 2.58 bits per heavy atom. The minimum absolute atomic E-state index is 0.0720. The minimum Gasteiger partial charge on any atom is -0.468 e. The second-order valence-electron chi connectivity index (χ2n) is 6.42. The average Bonchev–Trinajstić information content (AvgIpc) is 3.32. The Morgan fingerprint density at radius 2 is 1.81 bits per heavy atom. The average molecular weight is 344 g/mol. The van der Waals surface area contributed by atoms with E-state index in [1.165, 1.54) is 0 Å². The summed E-state index contributed by atoms with van der Waals surface area (Å²) in [5.74, 6) is 0.905. The van der Waals surface area contributed by atoms with Gasteiger partial charge in [-0.25, -0.2) is 0 Å². The lowest BCUT2D eigenvalue weighted by Gasteiger charge is -2.26. The number of hydrogen-bond acceptors (Lipinski definition) is 3. The highest BCUT2D eigenvalue weighted by Crippen LogP contribution is 2.29. The van der Waals surface area contributed by atoms with Crippen LogP contribution in [0.3, 0.4) is 0 Å². The first-order chi connectivity index (χ1) is 12.7. The molecule has 1 N–H and O–H groups in total. The van der Waals surface area contributed by atoms with E-state index in [-0.39, 0.29) is 11.8 Å². The predicted molar refractivity (Wildman–Crippen MR) is 102 cm³/mol. The van der Waals surface area contributed by atoms with E-state index >= 15 is 0 Å². The molecule has 0 radical (unpaired) electrons. The van der Waals surface area contributed by atoms with Crippen LogP contribution in [-0.4, -0.2) is 22.7 Å². The zero-order valence-corrected chi connectivity index (χ0v) is 14.6. The number of benzene rings is 2. The first-order valence-electron chi connectivity index (χ1n) is 8.62. The number of H-pyrrole nitrogens is 1. The molecule has 4 rings (SSSR count). The maximum Gasteiger partial charge on any atom is 0.186 e. The lowest BCUT2D eigenvalue weighted by Crippen LogP contribution is -2.30. The molecular weight excluding hydrogens is 324 g/mol. The van der Waals surface area contributed by atoms with Crippen LogP contribution in [0.1, 0.15) is 27.7 Å². The first kappa shape index (κ1) is 16.4. The Kier molecular flexibility index (Phi) is 4.42. The van der Waals surface area contributed by atoms with E-state index in [2.05, 4.69) is 4.98 Å². The Labute approximate surface area is 152 Å². The van der Waals surface area contributed by atoms with Gasteiger partial charge in [0.1, 0.15) is 5.76 Å². The zero-order valence-electron chi connectivity index (χ0n) is 14.6. The second-order valence-corrected chi connectivity index (χ2v) is 6.42. The predicted octanol–water partition coefficient (Wildman–Crippen LogP) is 4.82. The van der Waals surface area contributed by atoms with Crippen LogP contribution in [0, 0.1) is 0 Å². The number of para-hydroxylation sites is 1. The van der Waals surface area contributed by atoms with Crippen LogP contribution < -0.4 is 0 Å². The van der Waals surface area contributed by atoms with Crippen molar-refractivity contribution < 1.29 is 9.21 Å². The molecule has 2 aromatic heterocycles. The minimum atomic E-state index is -0.388. The maximum atomic E-state index is 13.5. The van der Waals surface area contributed by atoms with Gasteiger partial charge in [-0.1, -0.05) is 48.5 Å². The molecule has 0 bridgehead atoms. The number of likely N-dealkylation sites (N-methyl/N-ethyl adjacent to an activating group) is 1. The van der Waals surface area contributed by atoms with Crippen molar-refractivity contribution in [3.63, 3.8) is 0 Å². The molecule has 26 heavy (non-hydrogen) atoms. The summed E-state index contributed by atoms with van der Waals surface area (Å²) in [4.78, 5) is 18.7. The summed E-state index contributed by atoms with van der Waals surface area (Å²) in [5, 5.41) is 0.949. The number of hydrogen-bond donors (Lipinski definition) is 1. The fourth-order valence-corrected chi connectivity index (χ4v) is 3.40. The molecule has 0 spiro atoms. The number of rotatable bonds is 6. The van der Waals surface area contributed by atoms with E-state index in [0.29, 0.717) is 12.1 Å².